The summed E-state index contributed by atoms with van der Waals surface area (Å²) >= 11 is 0. The van der Waals surface area contributed by atoms with Crippen LogP contribution >= 0.6 is 0 Å². The molecule has 0 radical (unpaired) electrons. The molecule has 0 bridgehead atoms. The standard InChI is InChI=1S/C20H22N6O2/c1-14-22-18(13-19(27)23-14)15-6-10-25(11-7-15)20(28)24-16-4-2-5-17(12-16)26-9-3-8-21-26/h2-5,8-9,12-13,15H,6-7,10-11H2,1H3,(H,24,28)(H,22,23,27). The first-order valence-corrected chi connectivity index (χ1v) is 9.32. The molecule has 1 aliphatic heterocycles. The molecule has 0 aliphatic carbocycles. The highest BCUT2D eigenvalue weighted by Gasteiger charge is 2.25. The van der Waals surface area contributed by atoms with E-state index in [-0.39, 0.29) is 17.5 Å². The average Bonchev–Trinajstić information content (AvgIpc) is 3.22. The first-order valence-electron chi connectivity index (χ1n) is 9.32. The highest BCUT2D eigenvalue weighted by molar-refractivity contribution is 5.89. The van der Waals surface area contributed by atoms with Gasteiger partial charge in [-0.05, 0) is 44.0 Å². The summed E-state index contributed by atoms with van der Waals surface area (Å²) in [6, 6.07) is 10.9. The van der Waals surface area contributed by atoms with Gasteiger partial charge in [-0.1, -0.05) is 6.07 Å². The number of hydrogen-bond donors (Lipinski definition) is 2. The SMILES string of the molecule is Cc1nc(C2CCN(C(=O)Nc3cccc(-n4cccn4)c3)CC2)cc(=O)[nH]1. The Hall–Kier alpha value is -3.42. The number of aryl methyl sites for hydroxylation is 1. The minimum Gasteiger partial charge on any atom is -0.324 e. The average molecular weight is 378 g/mol. The molecule has 1 aromatic carbocycles. The van der Waals surface area contributed by atoms with Crippen LogP contribution in [0.25, 0.3) is 5.69 Å². The van der Waals surface area contributed by atoms with E-state index >= 15 is 0 Å². The van der Waals surface area contributed by atoms with Gasteiger partial charge in [-0.25, -0.2) is 14.5 Å². The van der Waals surface area contributed by atoms with Gasteiger partial charge in [-0.15, -0.1) is 0 Å². The number of carbonyl (C=O) groups is 1. The van der Waals surface area contributed by atoms with Crippen LogP contribution in [0, 0.1) is 6.92 Å². The van der Waals surface area contributed by atoms with E-state index in [1.807, 2.05) is 36.5 Å². The normalized spacial score (nSPS) is 14.8. The number of urea groups is 1. The number of nitrogens with one attached hydrogen (secondary N) is 2. The predicted octanol–water partition coefficient (Wildman–Crippen LogP) is 2.68. The van der Waals surface area contributed by atoms with Gasteiger partial charge in [-0.3, -0.25) is 4.79 Å². The third kappa shape index (κ3) is 3.95. The Bertz CT molecular complexity index is 1020. The van der Waals surface area contributed by atoms with Crippen LogP contribution in [-0.4, -0.2) is 43.8 Å². The Balaban J connectivity index is 1.38. The molecule has 28 heavy (non-hydrogen) atoms. The van der Waals surface area contributed by atoms with Gasteiger partial charge in [0.05, 0.1) is 11.4 Å². The monoisotopic (exact) mass is 378 g/mol. The number of piperidine rings is 1. The summed E-state index contributed by atoms with van der Waals surface area (Å²) in [6.07, 6.45) is 5.15. The topological polar surface area (TPSA) is 95.9 Å². The zero-order chi connectivity index (χ0) is 19.5. The van der Waals surface area contributed by atoms with Crippen molar-refractivity contribution in [3.63, 3.8) is 0 Å². The number of likely N-dealkylation sites (tertiary alicyclic amines) is 1. The van der Waals surface area contributed by atoms with Crippen molar-refractivity contribution in [3.05, 3.63) is 70.7 Å². The van der Waals surface area contributed by atoms with Gasteiger partial charge < -0.3 is 15.2 Å². The first kappa shape index (κ1) is 18.0. The molecule has 1 aliphatic rings. The maximum atomic E-state index is 12.6. The molecule has 2 amide bonds. The maximum Gasteiger partial charge on any atom is 0.321 e. The van der Waals surface area contributed by atoms with Crippen molar-refractivity contribution in [1.82, 2.24) is 24.6 Å². The van der Waals surface area contributed by atoms with Crippen LogP contribution in [0.4, 0.5) is 10.5 Å². The van der Waals surface area contributed by atoms with E-state index in [0.717, 1.165) is 29.9 Å². The largest absolute Gasteiger partial charge is 0.324 e. The van der Waals surface area contributed by atoms with Gasteiger partial charge in [0.25, 0.3) is 5.56 Å². The summed E-state index contributed by atoms with van der Waals surface area (Å²) in [6.45, 7) is 3.04. The summed E-state index contributed by atoms with van der Waals surface area (Å²) in [4.78, 5) is 33.2. The zero-order valence-electron chi connectivity index (χ0n) is 15.6. The fourth-order valence-electron chi connectivity index (χ4n) is 3.54. The van der Waals surface area contributed by atoms with Crippen molar-refractivity contribution < 1.29 is 4.79 Å². The lowest BCUT2D eigenvalue weighted by atomic mass is 9.93. The first-order chi connectivity index (χ1) is 13.6. The molecule has 2 aromatic heterocycles. The molecule has 2 N–H and O–H groups in total. The Labute approximate surface area is 162 Å². The van der Waals surface area contributed by atoms with E-state index in [1.54, 1.807) is 28.8 Å². The van der Waals surface area contributed by atoms with Gasteiger partial charge in [0.2, 0.25) is 0 Å². The van der Waals surface area contributed by atoms with Crippen LogP contribution in [0.3, 0.4) is 0 Å². The fourth-order valence-corrected chi connectivity index (χ4v) is 3.54. The van der Waals surface area contributed by atoms with Gasteiger partial charge in [0.15, 0.2) is 0 Å². The Morgan fingerprint density at radius 2 is 2.04 bits per heavy atom. The van der Waals surface area contributed by atoms with Crippen molar-refractivity contribution >= 4 is 11.7 Å². The highest BCUT2D eigenvalue weighted by Crippen LogP contribution is 2.26. The van der Waals surface area contributed by atoms with E-state index in [4.69, 9.17) is 0 Å². The lowest BCUT2D eigenvalue weighted by molar-refractivity contribution is 0.194. The van der Waals surface area contributed by atoms with Crippen molar-refractivity contribution in [2.24, 2.45) is 0 Å². The molecular weight excluding hydrogens is 356 g/mol. The number of anilines is 1. The van der Waals surface area contributed by atoms with E-state index in [1.165, 1.54) is 0 Å². The zero-order valence-corrected chi connectivity index (χ0v) is 15.6. The molecule has 3 aromatic rings. The van der Waals surface area contributed by atoms with E-state index < -0.39 is 0 Å². The molecule has 144 valence electrons. The summed E-state index contributed by atoms with van der Waals surface area (Å²) in [7, 11) is 0. The van der Waals surface area contributed by atoms with Crippen molar-refractivity contribution in [2.75, 3.05) is 18.4 Å². The highest BCUT2D eigenvalue weighted by atomic mass is 16.2. The van der Waals surface area contributed by atoms with Crippen molar-refractivity contribution in [3.8, 4) is 5.69 Å². The van der Waals surface area contributed by atoms with Crippen LogP contribution in [-0.2, 0) is 0 Å². The second kappa shape index (κ2) is 7.67. The molecule has 1 saturated heterocycles. The van der Waals surface area contributed by atoms with Gasteiger partial charge >= 0.3 is 6.03 Å². The quantitative estimate of drug-likeness (QED) is 0.732. The number of carbonyl (C=O) groups excluding carboxylic acids is 1. The molecule has 4 rings (SSSR count). The van der Waals surface area contributed by atoms with Crippen molar-refractivity contribution in [1.29, 1.82) is 0 Å². The number of nitrogens with zero attached hydrogens (tertiary/aromatic N) is 4. The Morgan fingerprint density at radius 3 is 2.75 bits per heavy atom. The summed E-state index contributed by atoms with van der Waals surface area (Å²) in [5.41, 5.74) is 2.30. The van der Waals surface area contributed by atoms with E-state index in [9.17, 15) is 9.59 Å². The molecule has 1 fully saturated rings. The number of H-pyrrole nitrogens is 1. The second-order valence-electron chi connectivity index (χ2n) is 6.95. The van der Waals surface area contributed by atoms with Crippen LogP contribution < -0.4 is 10.9 Å². The minimum atomic E-state index is -0.125. The predicted molar refractivity (Wildman–Crippen MR) is 106 cm³/mol. The number of hydrogen-bond acceptors (Lipinski definition) is 4. The summed E-state index contributed by atoms with van der Waals surface area (Å²) < 4.78 is 1.75. The number of rotatable bonds is 3. The second-order valence-corrected chi connectivity index (χ2v) is 6.95. The Kier molecular flexibility index (Phi) is 4.92. The van der Waals surface area contributed by atoms with Crippen molar-refractivity contribution in [2.45, 2.75) is 25.7 Å². The van der Waals surface area contributed by atoms with E-state index in [0.29, 0.717) is 18.9 Å². The molecule has 3 heterocycles. The molecule has 0 unspecified atom stereocenters. The van der Waals surface area contributed by atoms with Crippen LogP contribution in [0.1, 0.15) is 30.3 Å². The Morgan fingerprint density at radius 1 is 1.21 bits per heavy atom. The van der Waals surface area contributed by atoms with Crippen LogP contribution in [0.2, 0.25) is 0 Å². The number of benzene rings is 1. The minimum absolute atomic E-state index is 0.119. The van der Waals surface area contributed by atoms with Gasteiger partial charge in [0.1, 0.15) is 5.82 Å². The molecular formula is C20H22N6O2. The molecule has 0 saturated carbocycles. The van der Waals surface area contributed by atoms with Crippen LogP contribution in [0.15, 0.2) is 53.6 Å². The molecule has 0 atom stereocenters. The van der Waals surface area contributed by atoms with Gasteiger partial charge in [0, 0.05) is 43.2 Å². The van der Waals surface area contributed by atoms with Crippen LogP contribution in [0.5, 0.6) is 0 Å². The summed E-state index contributed by atoms with van der Waals surface area (Å²) in [5, 5.41) is 7.17. The fraction of sp³-hybridized carbons (Fsp3) is 0.300. The third-order valence-corrected chi connectivity index (χ3v) is 4.95. The molecule has 0 spiro atoms. The smallest absolute Gasteiger partial charge is 0.321 e. The maximum absolute atomic E-state index is 12.6. The molecule has 8 heteroatoms. The summed E-state index contributed by atoms with van der Waals surface area (Å²) in [5.74, 6) is 0.827. The lowest BCUT2D eigenvalue weighted by Gasteiger charge is -2.31. The molecule has 8 nitrogen and oxygen atoms in total. The number of aromatic nitrogens is 4. The van der Waals surface area contributed by atoms with Gasteiger partial charge in [-0.2, -0.15) is 5.10 Å². The van der Waals surface area contributed by atoms with E-state index in [2.05, 4.69) is 20.4 Å². The number of amides is 2. The lowest BCUT2D eigenvalue weighted by Crippen LogP contribution is -2.40. The third-order valence-electron chi connectivity index (χ3n) is 4.95. The number of aromatic amines is 1.